The van der Waals surface area contributed by atoms with Crippen LogP contribution in [0.4, 0.5) is 5.69 Å². The molecule has 0 saturated heterocycles. The van der Waals surface area contributed by atoms with Gasteiger partial charge >= 0.3 is 0 Å². The summed E-state index contributed by atoms with van der Waals surface area (Å²) in [6.07, 6.45) is 4.77. The minimum Gasteiger partial charge on any atom is -0.339 e. The van der Waals surface area contributed by atoms with Crippen molar-refractivity contribution < 1.29 is 9.32 Å². The number of carbonyl (C=O) groups excluding carboxylic acids is 1. The van der Waals surface area contributed by atoms with Crippen molar-refractivity contribution in [3.63, 3.8) is 0 Å². The third kappa shape index (κ3) is 5.10. The average molecular weight is 419 g/mol. The summed E-state index contributed by atoms with van der Waals surface area (Å²) in [7, 11) is 0. The van der Waals surface area contributed by atoms with Crippen LogP contribution in [0.25, 0.3) is 11.4 Å². The fourth-order valence-corrected chi connectivity index (χ4v) is 3.27. The third-order valence-electron chi connectivity index (χ3n) is 4.55. The van der Waals surface area contributed by atoms with E-state index >= 15 is 0 Å². The number of carbonyl (C=O) groups is 1. The van der Waals surface area contributed by atoms with E-state index in [9.17, 15) is 4.79 Å². The van der Waals surface area contributed by atoms with Gasteiger partial charge in [-0.3, -0.25) is 9.78 Å². The van der Waals surface area contributed by atoms with Crippen molar-refractivity contribution in [2.45, 2.75) is 19.3 Å². The Kier molecular flexibility index (Phi) is 6.15. The lowest BCUT2D eigenvalue weighted by molar-refractivity contribution is -0.116. The minimum absolute atomic E-state index is 0.0657. The zero-order chi connectivity index (χ0) is 20.8. The molecule has 1 N–H and O–H groups in total. The molecule has 0 bridgehead atoms. The van der Waals surface area contributed by atoms with Crippen LogP contribution in [0.5, 0.6) is 0 Å². The number of nitrogens with one attached hydrogen (secondary N) is 1. The molecule has 2 aromatic heterocycles. The number of rotatable bonds is 7. The molecule has 4 rings (SSSR count). The lowest BCUT2D eigenvalue weighted by Crippen LogP contribution is -2.14. The van der Waals surface area contributed by atoms with Crippen molar-refractivity contribution in [3.05, 3.63) is 95.1 Å². The second kappa shape index (κ2) is 9.33. The number of hydrogen-bond acceptors (Lipinski definition) is 5. The number of aryl methyl sites for hydroxylation is 1. The van der Waals surface area contributed by atoms with Crippen LogP contribution in [-0.2, 0) is 17.6 Å². The molecule has 4 aromatic rings. The highest BCUT2D eigenvalue weighted by molar-refractivity contribution is 6.30. The predicted molar refractivity (Wildman–Crippen MR) is 115 cm³/mol. The first kappa shape index (κ1) is 19.8. The van der Waals surface area contributed by atoms with E-state index in [2.05, 4.69) is 20.4 Å². The number of benzene rings is 2. The highest BCUT2D eigenvalue weighted by Gasteiger charge is 2.13. The minimum atomic E-state index is -0.0657. The predicted octanol–water partition coefficient (Wildman–Crippen LogP) is 4.95. The molecule has 7 heteroatoms. The van der Waals surface area contributed by atoms with Crippen LogP contribution >= 0.6 is 11.6 Å². The van der Waals surface area contributed by atoms with Crippen LogP contribution in [0.15, 0.2) is 77.6 Å². The summed E-state index contributed by atoms with van der Waals surface area (Å²) in [4.78, 5) is 21.0. The van der Waals surface area contributed by atoms with Gasteiger partial charge in [0.25, 0.3) is 0 Å². The van der Waals surface area contributed by atoms with Gasteiger partial charge in [0.15, 0.2) is 0 Å². The van der Waals surface area contributed by atoms with Crippen LogP contribution in [0.1, 0.15) is 23.4 Å². The van der Waals surface area contributed by atoms with Gasteiger partial charge in [-0.15, -0.1) is 0 Å². The topological polar surface area (TPSA) is 80.9 Å². The molecule has 150 valence electrons. The van der Waals surface area contributed by atoms with Crippen LogP contribution in [-0.4, -0.2) is 21.0 Å². The number of aromatic nitrogens is 3. The Bertz CT molecular complexity index is 1140. The van der Waals surface area contributed by atoms with Gasteiger partial charge in [0.2, 0.25) is 17.6 Å². The number of nitrogens with zero attached hydrogens (tertiary/aromatic N) is 3. The summed E-state index contributed by atoms with van der Waals surface area (Å²) in [6.45, 7) is 0. The Morgan fingerprint density at radius 1 is 1.07 bits per heavy atom. The molecule has 0 unspecified atom stereocenters. The lowest BCUT2D eigenvalue weighted by Gasteiger charge is -2.10. The molecule has 0 fully saturated rings. The van der Waals surface area contributed by atoms with E-state index in [0.29, 0.717) is 36.0 Å². The molecule has 30 heavy (non-hydrogen) atoms. The van der Waals surface area contributed by atoms with E-state index in [4.69, 9.17) is 16.1 Å². The first-order valence-electron chi connectivity index (χ1n) is 9.52. The Morgan fingerprint density at radius 2 is 1.97 bits per heavy atom. The zero-order valence-corrected chi connectivity index (χ0v) is 16.8. The van der Waals surface area contributed by atoms with E-state index in [1.165, 1.54) is 0 Å². The molecule has 0 saturated carbocycles. The molecule has 0 atom stereocenters. The Balaban J connectivity index is 1.41. The van der Waals surface area contributed by atoms with Gasteiger partial charge < -0.3 is 9.84 Å². The molecule has 2 aromatic carbocycles. The monoisotopic (exact) mass is 418 g/mol. The van der Waals surface area contributed by atoms with Crippen LogP contribution in [0.2, 0.25) is 5.02 Å². The molecular weight excluding hydrogens is 400 g/mol. The molecule has 1 amide bonds. The van der Waals surface area contributed by atoms with Crippen molar-refractivity contribution in [1.29, 1.82) is 0 Å². The van der Waals surface area contributed by atoms with Gasteiger partial charge in [-0.25, -0.2) is 0 Å². The number of hydrogen-bond donors (Lipinski definition) is 1. The summed E-state index contributed by atoms with van der Waals surface area (Å²) >= 11 is 6.00. The van der Waals surface area contributed by atoms with E-state index in [-0.39, 0.29) is 5.91 Å². The second-order valence-corrected chi connectivity index (χ2v) is 7.20. The number of anilines is 1. The lowest BCUT2D eigenvalue weighted by atomic mass is 10.1. The van der Waals surface area contributed by atoms with Crippen molar-refractivity contribution >= 4 is 23.2 Å². The van der Waals surface area contributed by atoms with E-state index < -0.39 is 0 Å². The average Bonchev–Trinajstić information content (AvgIpc) is 3.23. The first-order chi connectivity index (χ1) is 14.7. The summed E-state index contributed by atoms with van der Waals surface area (Å²) in [5, 5.41) is 7.67. The maximum atomic E-state index is 12.5. The summed E-state index contributed by atoms with van der Waals surface area (Å²) in [5.41, 5.74) is 3.44. The first-order valence-corrected chi connectivity index (χ1v) is 9.90. The largest absolute Gasteiger partial charge is 0.339 e. The van der Waals surface area contributed by atoms with Gasteiger partial charge in [0.1, 0.15) is 0 Å². The highest BCUT2D eigenvalue weighted by Crippen LogP contribution is 2.21. The molecule has 0 aliphatic rings. The summed E-state index contributed by atoms with van der Waals surface area (Å²) in [5.74, 6) is 0.889. The fourth-order valence-electron chi connectivity index (χ4n) is 3.06. The summed E-state index contributed by atoms with van der Waals surface area (Å²) < 4.78 is 5.39. The van der Waals surface area contributed by atoms with Crippen molar-refractivity contribution in [1.82, 2.24) is 15.1 Å². The molecule has 2 heterocycles. The quantitative estimate of drug-likeness (QED) is 0.459. The molecule has 0 radical (unpaired) electrons. The standard InChI is InChI=1S/C23H19ClN4O2/c24-19-8-3-5-16(13-19)10-11-21(29)26-20-9-2-1-6-17(20)14-22-27-23(28-30-22)18-7-4-12-25-15-18/h1-9,12-13,15H,10-11,14H2,(H,26,29). The molecular formula is C23H19ClN4O2. The van der Waals surface area contributed by atoms with Crippen LogP contribution < -0.4 is 5.32 Å². The highest BCUT2D eigenvalue weighted by atomic mass is 35.5. The summed E-state index contributed by atoms with van der Waals surface area (Å²) in [6, 6.07) is 18.8. The van der Waals surface area contributed by atoms with E-state index in [0.717, 1.165) is 22.4 Å². The third-order valence-corrected chi connectivity index (χ3v) is 4.79. The molecule has 6 nitrogen and oxygen atoms in total. The maximum absolute atomic E-state index is 12.5. The second-order valence-electron chi connectivity index (χ2n) is 6.77. The number of halogens is 1. The van der Waals surface area contributed by atoms with Crippen LogP contribution in [0, 0.1) is 0 Å². The van der Waals surface area contributed by atoms with Gasteiger partial charge in [0.05, 0.1) is 6.42 Å². The van der Waals surface area contributed by atoms with Crippen molar-refractivity contribution in [2.75, 3.05) is 5.32 Å². The van der Waals surface area contributed by atoms with Gasteiger partial charge in [0, 0.05) is 35.1 Å². The van der Waals surface area contributed by atoms with Gasteiger partial charge in [-0.1, -0.05) is 47.1 Å². The maximum Gasteiger partial charge on any atom is 0.231 e. The fraction of sp³-hybridized carbons (Fsp3) is 0.130. The smallest absolute Gasteiger partial charge is 0.231 e. The molecule has 0 aliphatic heterocycles. The Labute approximate surface area is 178 Å². The number of pyridine rings is 1. The Hall–Kier alpha value is -3.51. The SMILES string of the molecule is O=C(CCc1cccc(Cl)c1)Nc1ccccc1Cc1nc(-c2cccnc2)no1. The molecule has 0 aliphatic carbocycles. The van der Waals surface area contributed by atoms with Crippen LogP contribution in [0.3, 0.4) is 0 Å². The normalized spacial score (nSPS) is 10.7. The van der Waals surface area contributed by atoms with E-state index in [1.54, 1.807) is 12.4 Å². The Morgan fingerprint density at radius 3 is 2.80 bits per heavy atom. The number of amides is 1. The van der Waals surface area contributed by atoms with Crippen molar-refractivity contribution in [2.24, 2.45) is 0 Å². The van der Waals surface area contributed by atoms with Gasteiger partial charge in [-0.2, -0.15) is 4.98 Å². The zero-order valence-electron chi connectivity index (χ0n) is 16.1. The molecule has 0 spiro atoms. The van der Waals surface area contributed by atoms with Gasteiger partial charge in [-0.05, 0) is 47.9 Å². The van der Waals surface area contributed by atoms with E-state index in [1.807, 2.05) is 60.7 Å². The number of para-hydroxylation sites is 1. The van der Waals surface area contributed by atoms with Crippen molar-refractivity contribution in [3.8, 4) is 11.4 Å².